The fourth-order valence-corrected chi connectivity index (χ4v) is 3.54. The molecule has 0 aliphatic rings. The number of ether oxygens (including phenoxy) is 2. The Kier molecular flexibility index (Phi) is 5.33. The van der Waals surface area contributed by atoms with Crippen molar-refractivity contribution in [1.29, 1.82) is 0 Å². The van der Waals surface area contributed by atoms with Crippen molar-refractivity contribution in [2.75, 3.05) is 14.2 Å². The number of H-pyrrole nitrogens is 1. The molecule has 0 spiro atoms. The zero-order valence-corrected chi connectivity index (χ0v) is 15.6. The van der Waals surface area contributed by atoms with Crippen LogP contribution in [0.25, 0.3) is 10.9 Å². The van der Waals surface area contributed by atoms with Gasteiger partial charge in [-0.05, 0) is 23.8 Å². The van der Waals surface area contributed by atoms with Crippen LogP contribution in [0.1, 0.15) is 5.56 Å². The minimum absolute atomic E-state index is 0.0263. The Morgan fingerprint density at radius 1 is 1.07 bits per heavy atom. The lowest BCUT2D eigenvalue weighted by molar-refractivity contribution is -0.120. The molecular weight excluding hydrogens is 370 g/mol. The number of methoxy groups -OCH3 is 2. The van der Waals surface area contributed by atoms with Gasteiger partial charge in [-0.15, -0.1) is 4.83 Å². The number of para-hydroxylation sites is 1. The number of hydrazine groups is 1. The molecule has 8 nitrogen and oxygen atoms in total. The number of aromatic nitrogens is 1. The van der Waals surface area contributed by atoms with E-state index in [1.807, 2.05) is 24.3 Å². The second kappa shape index (κ2) is 7.68. The summed E-state index contributed by atoms with van der Waals surface area (Å²) in [6, 6.07) is 11.7. The fraction of sp³-hybridized carbons (Fsp3) is 0.167. The maximum absolute atomic E-state index is 12.4. The SMILES string of the molecule is COc1ccc(S(=O)(=O)NNC(=O)Cc2c[nH]c3ccccc23)cc1OC. The van der Waals surface area contributed by atoms with Crippen molar-refractivity contribution in [3.63, 3.8) is 0 Å². The molecule has 9 heteroatoms. The third kappa shape index (κ3) is 4.04. The molecule has 1 heterocycles. The molecule has 0 aliphatic heterocycles. The molecule has 0 atom stereocenters. The van der Waals surface area contributed by atoms with E-state index in [1.54, 1.807) is 6.20 Å². The van der Waals surface area contributed by atoms with Gasteiger partial charge in [-0.3, -0.25) is 10.2 Å². The average molecular weight is 389 g/mol. The third-order valence-electron chi connectivity index (χ3n) is 4.02. The molecule has 3 rings (SSSR count). The summed E-state index contributed by atoms with van der Waals surface area (Å²) in [4.78, 5) is 17.3. The van der Waals surface area contributed by atoms with Crippen molar-refractivity contribution in [1.82, 2.24) is 15.2 Å². The molecular formula is C18H19N3O5S. The Balaban J connectivity index is 1.69. The molecule has 0 saturated heterocycles. The standard InChI is InChI=1S/C18H19N3O5S/c1-25-16-8-7-13(10-17(16)26-2)27(23,24)21-20-18(22)9-12-11-19-15-6-4-3-5-14(12)15/h3-8,10-11,19,21H,9H2,1-2H3,(H,20,22). The minimum atomic E-state index is -3.96. The molecule has 3 aromatic rings. The molecule has 0 radical (unpaired) electrons. The van der Waals surface area contributed by atoms with Crippen LogP contribution in [0.15, 0.2) is 53.6 Å². The number of carbonyl (C=O) groups is 1. The summed E-state index contributed by atoms with van der Waals surface area (Å²) in [6.45, 7) is 0. The lowest BCUT2D eigenvalue weighted by Crippen LogP contribution is -2.42. The fourth-order valence-electron chi connectivity index (χ4n) is 2.66. The lowest BCUT2D eigenvalue weighted by atomic mass is 10.1. The van der Waals surface area contributed by atoms with Gasteiger partial charge in [0.2, 0.25) is 5.91 Å². The summed E-state index contributed by atoms with van der Waals surface area (Å²) in [6.07, 6.45) is 1.76. The van der Waals surface area contributed by atoms with Gasteiger partial charge in [-0.1, -0.05) is 18.2 Å². The molecule has 2 aromatic carbocycles. The molecule has 1 aromatic heterocycles. The lowest BCUT2D eigenvalue weighted by Gasteiger charge is -2.11. The van der Waals surface area contributed by atoms with Crippen LogP contribution in [0.5, 0.6) is 11.5 Å². The molecule has 0 aliphatic carbocycles. The predicted octanol–water partition coefficient (Wildman–Crippen LogP) is 1.74. The first kappa shape index (κ1) is 18.7. The number of benzene rings is 2. The number of carbonyl (C=O) groups excluding carboxylic acids is 1. The Labute approximate surface area is 156 Å². The summed E-state index contributed by atoms with van der Waals surface area (Å²) in [5, 5.41) is 0.912. The number of aromatic amines is 1. The average Bonchev–Trinajstić information content (AvgIpc) is 3.09. The van der Waals surface area contributed by atoms with E-state index in [0.29, 0.717) is 5.75 Å². The van der Waals surface area contributed by atoms with Crippen molar-refractivity contribution in [2.45, 2.75) is 11.3 Å². The number of sulfonamides is 1. The predicted molar refractivity (Wildman–Crippen MR) is 100 cm³/mol. The molecule has 0 saturated carbocycles. The van der Waals surface area contributed by atoms with Crippen LogP contribution in [0.4, 0.5) is 0 Å². The number of fused-ring (bicyclic) bond motifs is 1. The molecule has 27 heavy (non-hydrogen) atoms. The van der Waals surface area contributed by atoms with Crippen LogP contribution < -0.4 is 19.7 Å². The van der Waals surface area contributed by atoms with Gasteiger partial charge in [0, 0.05) is 23.2 Å². The van der Waals surface area contributed by atoms with Crippen molar-refractivity contribution >= 4 is 26.8 Å². The van der Waals surface area contributed by atoms with E-state index in [2.05, 4.69) is 15.2 Å². The highest BCUT2D eigenvalue weighted by Gasteiger charge is 2.18. The third-order valence-corrected chi connectivity index (χ3v) is 5.26. The van der Waals surface area contributed by atoms with Crippen LogP contribution in [0.2, 0.25) is 0 Å². The van der Waals surface area contributed by atoms with Gasteiger partial charge >= 0.3 is 0 Å². The largest absolute Gasteiger partial charge is 0.493 e. The van der Waals surface area contributed by atoms with Crippen molar-refractivity contribution in [2.24, 2.45) is 0 Å². The van der Waals surface area contributed by atoms with Crippen molar-refractivity contribution in [3.8, 4) is 11.5 Å². The summed E-state index contributed by atoms with van der Waals surface area (Å²) in [7, 11) is -1.10. The first-order valence-corrected chi connectivity index (χ1v) is 9.50. The topological polar surface area (TPSA) is 110 Å². The Morgan fingerprint density at radius 3 is 2.56 bits per heavy atom. The van der Waals surface area contributed by atoms with Crippen molar-refractivity contribution in [3.05, 3.63) is 54.2 Å². The molecule has 0 bridgehead atoms. The van der Waals surface area contributed by atoms with Gasteiger partial charge in [0.15, 0.2) is 11.5 Å². The second-order valence-corrected chi connectivity index (χ2v) is 7.39. The van der Waals surface area contributed by atoms with E-state index in [0.717, 1.165) is 16.5 Å². The molecule has 142 valence electrons. The summed E-state index contributed by atoms with van der Waals surface area (Å²) < 4.78 is 35.0. The molecule has 3 N–H and O–H groups in total. The van der Waals surface area contributed by atoms with Crippen LogP contribution in [-0.2, 0) is 21.2 Å². The number of nitrogens with one attached hydrogen (secondary N) is 3. The van der Waals surface area contributed by atoms with Crippen LogP contribution >= 0.6 is 0 Å². The number of hydrogen-bond donors (Lipinski definition) is 3. The van der Waals surface area contributed by atoms with Gasteiger partial charge < -0.3 is 14.5 Å². The summed E-state index contributed by atoms with van der Waals surface area (Å²) in [5.41, 5.74) is 3.91. The van der Waals surface area contributed by atoms with Gasteiger partial charge in [0.25, 0.3) is 10.0 Å². The number of hydrogen-bond acceptors (Lipinski definition) is 5. The highest BCUT2D eigenvalue weighted by atomic mass is 32.2. The maximum atomic E-state index is 12.4. The van der Waals surface area contributed by atoms with Crippen LogP contribution in [0, 0.1) is 0 Å². The smallest absolute Gasteiger partial charge is 0.257 e. The Hall–Kier alpha value is -3.04. The van der Waals surface area contributed by atoms with Crippen LogP contribution in [-0.4, -0.2) is 33.5 Å². The normalized spacial score (nSPS) is 11.3. The van der Waals surface area contributed by atoms with E-state index in [-0.39, 0.29) is 17.1 Å². The minimum Gasteiger partial charge on any atom is -0.493 e. The molecule has 0 unspecified atom stereocenters. The number of amides is 1. The van der Waals surface area contributed by atoms with Gasteiger partial charge in [-0.2, -0.15) is 0 Å². The van der Waals surface area contributed by atoms with E-state index < -0.39 is 15.9 Å². The van der Waals surface area contributed by atoms with E-state index >= 15 is 0 Å². The Morgan fingerprint density at radius 2 is 1.81 bits per heavy atom. The highest BCUT2D eigenvalue weighted by molar-refractivity contribution is 7.89. The Bertz CT molecular complexity index is 1080. The highest BCUT2D eigenvalue weighted by Crippen LogP contribution is 2.29. The first-order valence-electron chi connectivity index (χ1n) is 8.02. The second-order valence-electron chi connectivity index (χ2n) is 5.71. The monoisotopic (exact) mass is 389 g/mol. The van der Waals surface area contributed by atoms with Gasteiger partial charge in [-0.25, -0.2) is 8.42 Å². The zero-order chi connectivity index (χ0) is 19.4. The summed E-state index contributed by atoms with van der Waals surface area (Å²) >= 11 is 0. The van der Waals surface area contributed by atoms with Crippen molar-refractivity contribution < 1.29 is 22.7 Å². The molecule has 0 fully saturated rings. The van der Waals surface area contributed by atoms with Gasteiger partial charge in [0.1, 0.15) is 0 Å². The maximum Gasteiger partial charge on any atom is 0.257 e. The van der Waals surface area contributed by atoms with Crippen LogP contribution in [0.3, 0.4) is 0 Å². The van der Waals surface area contributed by atoms with E-state index in [9.17, 15) is 13.2 Å². The zero-order valence-electron chi connectivity index (χ0n) is 14.8. The first-order chi connectivity index (χ1) is 12.9. The quantitative estimate of drug-likeness (QED) is 0.533. The van der Waals surface area contributed by atoms with E-state index in [1.165, 1.54) is 32.4 Å². The van der Waals surface area contributed by atoms with E-state index in [4.69, 9.17) is 9.47 Å². The summed E-state index contributed by atoms with van der Waals surface area (Å²) in [5.74, 6) is 0.189. The molecule has 1 amide bonds. The number of rotatable bonds is 7. The van der Waals surface area contributed by atoms with Gasteiger partial charge in [0.05, 0.1) is 25.5 Å².